The predicted molar refractivity (Wildman–Crippen MR) is 75.8 cm³/mol. The highest BCUT2D eigenvalue weighted by atomic mass is 32.1. The van der Waals surface area contributed by atoms with E-state index in [-0.39, 0.29) is 5.91 Å². The summed E-state index contributed by atoms with van der Waals surface area (Å²) in [5.74, 6) is 0.187. The average Bonchev–Trinajstić information content (AvgIpc) is 2.99. The molecule has 0 spiro atoms. The molecule has 0 aromatic carbocycles. The van der Waals surface area contributed by atoms with Crippen LogP contribution in [0.3, 0.4) is 0 Å². The Bertz CT molecular complexity index is 360. The number of rotatable bonds is 8. The van der Waals surface area contributed by atoms with Crippen molar-refractivity contribution in [1.29, 1.82) is 0 Å². The summed E-state index contributed by atoms with van der Waals surface area (Å²) in [5, 5.41) is 8.63. The van der Waals surface area contributed by atoms with Crippen molar-refractivity contribution in [2.75, 3.05) is 6.54 Å². The summed E-state index contributed by atoms with van der Waals surface area (Å²) in [7, 11) is 0. The van der Waals surface area contributed by atoms with E-state index in [1.54, 1.807) is 11.3 Å². The van der Waals surface area contributed by atoms with Crippen LogP contribution in [0.5, 0.6) is 0 Å². The van der Waals surface area contributed by atoms with Crippen molar-refractivity contribution in [3.05, 3.63) is 22.4 Å². The maximum atomic E-state index is 11.6. The number of carbonyl (C=O) groups excluding carboxylic acids is 1. The van der Waals surface area contributed by atoms with Gasteiger partial charge in [0.05, 0.1) is 0 Å². The van der Waals surface area contributed by atoms with Crippen LogP contribution in [0.2, 0.25) is 0 Å². The second-order valence-electron chi connectivity index (χ2n) is 4.90. The highest BCUT2D eigenvalue weighted by Gasteiger charge is 2.22. The Morgan fingerprint density at radius 3 is 3.00 bits per heavy atom. The molecule has 0 radical (unpaired) electrons. The number of carbonyl (C=O) groups is 1. The number of hydrogen-bond donors (Lipinski definition) is 2. The summed E-state index contributed by atoms with van der Waals surface area (Å²) < 4.78 is 0. The van der Waals surface area contributed by atoms with Crippen LogP contribution in [0.25, 0.3) is 0 Å². The summed E-state index contributed by atoms with van der Waals surface area (Å²) in [4.78, 5) is 12.9. The van der Waals surface area contributed by atoms with Crippen LogP contribution in [0, 0.1) is 0 Å². The molecule has 18 heavy (non-hydrogen) atoms. The smallest absolute Gasteiger partial charge is 0.221 e. The highest BCUT2D eigenvalue weighted by Crippen LogP contribution is 2.23. The number of nitrogens with one attached hydrogen (secondary N) is 2. The molecule has 1 unspecified atom stereocenters. The predicted octanol–water partition coefficient (Wildman–Crippen LogP) is 2.85. The average molecular weight is 266 g/mol. The van der Waals surface area contributed by atoms with Crippen molar-refractivity contribution < 1.29 is 4.79 Å². The Hall–Kier alpha value is -0.870. The van der Waals surface area contributed by atoms with Gasteiger partial charge < -0.3 is 10.6 Å². The van der Waals surface area contributed by atoms with Gasteiger partial charge in [-0.25, -0.2) is 0 Å². The first-order valence-corrected chi connectivity index (χ1v) is 7.73. The van der Waals surface area contributed by atoms with Gasteiger partial charge in [0.25, 0.3) is 0 Å². The number of hydrogen-bond acceptors (Lipinski definition) is 3. The molecule has 0 bridgehead atoms. The maximum Gasteiger partial charge on any atom is 0.221 e. The summed E-state index contributed by atoms with van der Waals surface area (Å²) in [5.41, 5.74) is 0. The molecular weight excluding hydrogens is 244 g/mol. The van der Waals surface area contributed by atoms with Crippen molar-refractivity contribution in [1.82, 2.24) is 10.6 Å². The second kappa shape index (κ2) is 6.90. The summed E-state index contributed by atoms with van der Waals surface area (Å²) in [6.07, 6.45) is 5.19. The van der Waals surface area contributed by atoms with E-state index in [0.29, 0.717) is 18.5 Å². The number of amides is 1. The van der Waals surface area contributed by atoms with E-state index in [1.807, 2.05) is 0 Å². The molecule has 3 nitrogen and oxygen atoms in total. The zero-order valence-corrected chi connectivity index (χ0v) is 11.8. The SMILES string of the molecule is CCCC(NCCC(=O)NC1CC1)c1cccs1. The zero-order valence-electron chi connectivity index (χ0n) is 10.9. The molecule has 1 atom stereocenters. The standard InChI is InChI=1S/C14H22N2OS/c1-2-4-12(13-5-3-10-18-13)15-9-8-14(17)16-11-6-7-11/h3,5,10-12,15H,2,4,6-9H2,1H3,(H,16,17). The Morgan fingerprint density at radius 2 is 2.39 bits per heavy atom. The normalized spacial score (nSPS) is 16.5. The van der Waals surface area contributed by atoms with Gasteiger partial charge >= 0.3 is 0 Å². The van der Waals surface area contributed by atoms with Crippen molar-refractivity contribution >= 4 is 17.2 Å². The minimum Gasteiger partial charge on any atom is -0.353 e. The van der Waals surface area contributed by atoms with E-state index in [9.17, 15) is 4.79 Å². The second-order valence-corrected chi connectivity index (χ2v) is 5.88. The first-order valence-electron chi connectivity index (χ1n) is 6.85. The van der Waals surface area contributed by atoms with Gasteiger partial charge in [-0.2, -0.15) is 0 Å². The fraction of sp³-hybridized carbons (Fsp3) is 0.643. The van der Waals surface area contributed by atoms with Crippen LogP contribution in [0.4, 0.5) is 0 Å². The van der Waals surface area contributed by atoms with Crippen LogP contribution in [0.1, 0.15) is 49.9 Å². The molecule has 100 valence electrons. The van der Waals surface area contributed by atoms with E-state index in [1.165, 1.54) is 4.88 Å². The molecular formula is C14H22N2OS. The van der Waals surface area contributed by atoms with E-state index >= 15 is 0 Å². The van der Waals surface area contributed by atoms with E-state index in [0.717, 1.165) is 32.2 Å². The third-order valence-corrected chi connectivity index (χ3v) is 4.14. The zero-order chi connectivity index (χ0) is 12.8. The van der Waals surface area contributed by atoms with Gasteiger partial charge in [-0.05, 0) is 30.7 Å². The molecule has 1 aliphatic rings. The van der Waals surface area contributed by atoms with Gasteiger partial charge in [0.1, 0.15) is 0 Å². The van der Waals surface area contributed by atoms with E-state index in [4.69, 9.17) is 0 Å². The van der Waals surface area contributed by atoms with Crippen LogP contribution in [-0.4, -0.2) is 18.5 Å². The summed E-state index contributed by atoms with van der Waals surface area (Å²) >= 11 is 1.79. The maximum absolute atomic E-state index is 11.6. The molecule has 1 aromatic rings. The Morgan fingerprint density at radius 1 is 1.56 bits per heavy atom. The molecule has 1 heterocycles. The molecule has 1 aromatic heterocycles. The van der Waals surface area contributed by atoms with Crippen LogP contribution < -0.4 is 10.6 Å². The molecule has 2 rings (SSSR count). The monoisotopic (exact) mass is 266 g/mol. The van der Waals surface area contributed by atoms with Crippen molar-refractivity contribution in [2.24, 2.45) is 0 Å². The lowest BCUT2D eigenvalue weighted by atomic mass is 10.1. The molecule has 1 amide bonds. The molecule has 1 fully saturated rings. The number of thiophene rings is 1. The van der Waals surface area contributed by atoms with E-state index in [2.05, 4.69) is 35.1 Å². The molecule has 0 aliphatic heterocycles. The van der Waals surface area contributed by atoms with Gasteiger partial charge in [-0.1, -0.05) is 19.4 Å². The molecule has 0 saturated heterocycles. The van der Waals surface area contributed by atoms with Gasteiger partial charge in [0.15, 0.2) is 0 Å². The quantitative estimate of drug-likeness (QED) is 0.759. The molecule has 4 heteroatoms. The lowest BCUT2D eigenvalue weighted by Crippen LogP contribution is -2.30. The minimum absolute atomic E-state index is 0.187. The fourth-order valence-corrected chi connectivity index (χ4v) is 2.85. The summed E-state index contributed by atoms with van der Waals surface area (Å²) in [6.45, 7) is 2.96. The Balaban J connectivity index is 1.70. The largest absolute Gasteiger partial charge is 0.353 e. The van der Waals surface area contributed by atoms with Crippen molar-refractivity contribution in [2.45, 2.75) is 51.1 Å². The fourth-order valence-electron chi connectivity index (χ4n) is 2.01. The first kappa shape index (κ1) is 13.6. The minimum atomic E-state index is 0.187. The van der Waals surface area contributed by atoms with Crippen LogP contribution >= 0.6 is 11.3 Å². The van der Waals surface area contributed by atoms with Crippen molar-refractivity contribution in [3.63, 3.8) is 0 Å². The lowest BCUT2D eigenvalue weighted by molar-refractivity contribution is -0.121. The third kappa shape index (κ3) is 4.42. The first-order chi connectivity index (χ1) is 8.79. The lowest BCUT2D eigenvalue weighted by Gasteiger charge is -2.16. The highest BCUT2D eigenvalue weighted by molar-refractivity contribution is 7.10. The van der Waals surface area contributed by atoms with Gasteiger partial charge in [0.2, 0.25) is 5.91 Å². The van der Waals surface area contributed by atoms with Gasteiger partial charge in [-0.3, -0.25) is 4.79 Å². The molecule has 1 saturated carbocycles. The topological polar surface area (TPSA) is 41.1 Å². The third-order valence-electron chi connectivity index (χ3n) is 3.15. The molecule has 2 N–H and O–H groups in total. The van der Waals surface area contributed by atoms with Gasteiger partial charge in [-0.15, -0.1) is 11.3 Å². The van der Waals surface area contributed by atoms with Crippen molar-refractivity contribution in [3.8, 4) is 0 Å². The summed E-state index contributed by atoms with van der Waals surface area (Å²) in [6, 6.07) is 5.14. The Kier molecular flexibility index (Phi) is 5.20. The molecule has 1 aliphatic carbocycles. The van der Waals surface area contributed by atoms with Crippen LogP contribution in [0.15, 0.2) is 17.5 Å². The van der Waals surface area contributed by atoms with Crippen LogP contribution in [-0.2, 0) is 4.79 Å². The Labute approximate surface area is 113 Å². The van der Waals surface area contributed by atoms with E-state index < -0.39 is 0 Å². The van der Waals surface area contributed by atoms with Gasteiger partial charge in [0, 0.05) is 29.9 Å².